The summed E-state index contributed by atoms with van der Waals surface area (Å²) in [5.41, 5.74) is 1.26. The normalized spacial score (nSPS) is 11.5. The van der Waals surface area contributed by atoms with Crippen molar-refractivity contribution in [3.05, 3.63) is 35.0 Å². The molecule has 0 N–H and O–H groups in total. The molecule has 0 saturated carbocycles. The molecule has 0 aliphatic heterocycles. The number of nitrogens with zero attached hydrogens (tertiary/aromatic N) is 2. The van der Waals surface area contributed by atoms with E-state index in [2.05, 4.69) is 35.9 Å². The lowest BCUT2D eigenvalue weighted by molar-refractivity contribution is 0.634. The Balaban J connectivity index is 1.55. The first-order valence-corrected chi connectivity index (χ1v) is 12.3. The predicted molar refractivity (Wildman–Crippen MR) is 121 cm³/mol. The van der Waals surface area contributed by atoms with Gasteiger partial charge in [0.2, 0.25) is 0 Å². The van der Waals surface area contributed by atoms with Gasteiger partial charge >= 0.3 is 0 Å². The molecule has 0 unspecified atom stereocenters. The molecule has 27 heavy (non-hydrogen) atoms. The highest BCUT2D eigenvalue weighted by Gasteiger charge is 2.10. The molecule has 0 amide bonds. The number of fused-ring (bicyclic) bond motifs is 1. The van der Waals surface area contributed by atoms with Crippen LogP contribution in [0.15, 0.2) is 24.5 Å². The smallest absolute Gasteiger partial charge is 0.169 e. The fraction of sp³-hybridized carbons (Fsp3) is 0.565. The van der Waals surface area contributed by atoms with Crippen molar-refractivity contribution in [2.75, 3.05) is 0 Å². The minimum atomic E-state index is 0.877. The van der Waals surface area contributed by atoms with E-state index in [9.17, 15) is 0 Å². The quantitative estimate of drug-likeness (QED) is 0.287. The SMILES string of the molecule is CCCCCCCc1cc2sc(-c3ncc(CCCCCC)cn3)cc2s1. The van der Waals surface area contributed by atoms with Crippen LogP contribution in [-0.2, 0) is 12.8 Å². The average molecular weight is 401 g/mol. The third kappa shape index (κ3) is 6.11. The summed E-state index contributed by atoms with van der Waals surface area (Å²) in [5.74, 6) is 0.877. The second-order valence-corrected chi connectivity index (χ2v) is 9.69. The van der Waals surface area contributed by atoms with Crippen molar-refractivity contribution in [2.45, 2.75) is 84.5 Å². The number of unbranched alkanes of at least 4 members (excludes halogenated alkanes) is 7. The highest BCUT2D eigenvalue weighted by atomic mass is 32.1. The molecular weight excluding hydrogens is 368 g/mol. The number of hydrogen-bond acceptors (Lipinski definition) is 4. The molecule has 0 atom stereocenters. The lowest BCUT2D eigenvalue weighted by atomic mass is 10.1. The first-order valence-electron chi connectivity index (χ1n) is 10.6. The van der Waals surface area contributed by atoms with Gasteiger partial charge in [-0.2, -0.15) is 0 Å². The molecule has 0 fully saturated rings. The summed E-state index contributed by atoms with van der Waals surface area (Å²) in [4.78, 5) is 12.0. The molecule has 0 aliphatic rings. The first-order chi connectivity index (χ1) is 13.3. The van der Waals surface area contributed by atoms with Gasteiger partial charge in [-0.1, -0.05) is 58.8 Å². The Morgan fingerprint density at radius 1 is 0.704 bits per heavy atom. The van der Waals surface area contributed by atoms with E-state index in [0.717, 1.165) is 12.2 Å². The van der Waals surface area contributed by atoms with Gasteiger partial charge < -0.3 is 0 Å². The zero-order valence-electron chi connectivity index (χ0n) is 16.8. The number of thiophene rings is 2. The third-order valence-electron chi connectivity index (χ3n) is 5.03. The fourth-order valence-corrected chi connectivity index (χ4v) is 5.80. The molecule has 2 nitrogen and oxygen atoms in total. The topological polar surface area (TPSA) is 25.8 Å². The van der Waals surface area contributed by atoms with Crippen molar-refractivity contribution in [3.63, 3.8) is 0 Å². The Kier molecular flexibility index (Phi) is 8.28. The molecule has 0 radical (unpaired) electrons. The van der Waals surface area contributed by atoms with Crippen LogP contribution in [0.3, 0.4) is 0 Å². The van der Waals surface area contributed by atoms with Crippen molar-refractivity contribution in [1.82, 2.24) is 9.97 Å². The minimum absolute atomic E-state index is 0.877. The van der Waals surface area contributed by atoms with Crippen LogP contribution in [0.5, 0.6) is 0 Å². The van der Waals surface area contributed by atoms with Gasteiger partial charge in [0, 0.05) is 26.7 Å². The second-order valence-electron chi connectivity index (χ2n) is 7.44. The maximum absolute atomic E-state index is 4.63. The lowest BCUT2D eigenvalue weighted by Crippen LogP contribution is -1.92. The molecule has 3 heterocycles. The number of hydrogen-bond donors (Lipinski definition) is 0. The van der Waals surface area contributed by atoms with Gasteiger partial charge in [0.05, 0.1) is 4.88 Å². The number of aromatic nitrogens is 2. The van der Waals surface area contributed by atoms with E-state index in [1.807, 2.05) is 35.1 Å². The van der Waals surface area contributed by atoms with E-state index in [1.54, 1.807) is 0 Å². The minimum Gasteiger partial charge on any atom is -0.236 e. The monoisotopic (exact) mass is 400 g/mol. The van der Waals surface area contributed by atoms with Crippen molar-refractivity contribution in [3.8, 4) is 10.7 Å². The van der Waals surface area contributed by atoms with Crippen LogP contribution in [0.2, 0.25) is 0 Å². The van der Waals surface area contributed by atoms with Crippen LogP contribution in [0.25, 0.3) is 20.1 Å². The van der Waals surface area contributed by atoms with Crippen molar-refractivity contribution in [2.24, 2.45) is 0 Å². The van der Waals surface area contributed by atoms with Crippen LogP contribution in [0, 0.1) is 0 Å². The first kappa shape index (κ1) is 20.5. The molecule has 3 aromatic heterocycles. The standard InChI is InChI=1S/C23H32N2S2/c1-3-5-7-9-11-13-19-14-20-21(26-19)15-22(27-20)23-24-16-18(17-25-23)12-10-8-6-4-2/h14-17H,3-13H2,1-2H3. The molecule has 3 rings (SSSR count). The second kappa shape index (κ2) is 10.9. The number of rotatable bonds is 12. The van der Waals surface area contributed by atoms with Crippen LogP contribution < -0.4 is 0 Å². The summed E-state index contributed by atoms with van der Waals surface area (Å²) in [6.45, 7) is 4.52. The van der Waals surface area contributed by atoms with Gasteiger partial charge in [0.15, 0.2) is 5.82 Å². The van der Waals surface area contributed by atoms with Crippen LogP contribution >= 0.6 is 22.7 Å². The Bertz CT molecular complexity index is 770. The van der Waals surface area contributed by atoms with Gasteiger partial charge in [-0.3, -0.25) is 0 Å². The molecular formula is C23H32N2S2. The van der Waals surface area contributed by atoms with Crippen molar-refractivity contribution >= 4 is 32.1 Å². The van der Waals surface area contributed by atoms with E-state index < -0.39 is 0 Å². The van der Waals surface area contributed by atoms with Crippen LogP contribution in [0.1, 0.15) is 82.1 Å². The maximum Gasteiger partial charge on any atom is 0.169 e. The van der Waals surface area contributed by atoms with Crippen molar-refractivity contribution in [1.29, 1.82) is 0 Å². The molecule has 4 heteroatoms. The van der Waals surface area contributed by atoms with Gasteiger partial charge in [0.1, 0.15) is 0 Å². The Morgan fingerprint density at radius 2 is 1.33 bits per heavy atom. The van der Waals surface area contributed by atoms with E-state index >= 15 is 0 Å². The molecule has 146 valence electrons. The molecule has 0 spiro atoms. The highest BCUT2D eigenvalue weighted by Crippen LogP contribution is 2.37. The van der Waals surface area contributed by atoms with Crippen LogP contribution in [0.4, 0.5) is 0 Å². The third-order valence-corrected chi connectivity index (χ3v) is 7.38. The Labute approximate surface area is 172 Å². The van der Waals surface area contributed by atoms with E-state index in [1.165, 1.54) is 88.9 Å². The summed E-state index contributed by atoms with van der Waals surface area (Å²) in [6.07, 6.45) is 18.3. The fourth-order valence-electron chi connectivity index (χ4n) is 3.39. The van der Waals surface area contributed by atoms with Gasteiger partial charge in [-0.15, -0.1) is 22.7 Å². The van der Waals surface area contributed by atoms with Gasteiger partial charge in [-0.05, 0) is 43.4 Å². The maximum atomic E-state index is 4.63. The predicted octanol–water partition coefficient (Wildman–Crippen LogP) is 8.06. The summed E-state index contributed by atoms with van der Waals surface area (Å²) in [6, 6.07) is 4.66. The summed E-state index contributed by atoms with van der Waals surface area (Å²) < 4.78 is 2.79. The lowest BCUT2D eigenvalue weighted by Gasteiger charge is -2.01. The van der Waals surface area contributed by atoms with Crippen molar-refractivity contribution < 1.29 is 0 Å². The molecule has 0 aliphatic carbocycles. The Morgan fingerprint density at radius 3 is 2.04 bits per heavy atom. The Hall–Kier alpha value is -1.26. The summed E-state index contributed by atoms with van der Waals surface area (Å²) in [7, 11) is 0. The van der Waals surface area contributed by atoms with Crippen LogP contribution in [-0.4, -0.2) is 9.97 Å². The van der Waals surface area contributed by atoms with Gasteiger partial charge in [-0.25, -0.2) is 9.97 Å². The van der Waals surface area contributed by atoms with E-state index in [0.29, 0.717) is 0 Å². The average Bonchev–Trinajstić information content (AvgIpc) is 3.24. The molecule has 3 aromatic rings. The summed E-state index contributed by atoms with van der Waals surface area (Å²) in [5, 5.41) is 0. The largest absolute Gasteiger partial charge is 0.236 e. The van der Waals surface area contributed by atoms with E-state index in [4.69, 9.17) is 0 Å². The summed E-state index contributed by atoms with van der Waals surface area (Å²) >= 11 is 3.78. The molecule has 0 aromatic carbocycles. The molecule has 0 bridgehead atoms. The zero-order chi connectivity index (χ0) is 18.9. The molecule has 0 saturated heterocycles. The number of aryl methyl sites for hydroxylation is 2. The zero-order valence-corrected chi connectivity index (χ0v) is 18.4. The van der Waals surface area contributed by atoms with E-state index in [-0.39, 0.29) is 0 Å². The van der Waals surface area contributed by atoms with Gasteiger partial charge in [0.25, 0.3) is 0 Å². The highest BCUT2D eigenvalue weighted by molar-refractivity contribution is 7.29.